The van der Waals surface area contributed by atoms with Crippen LogP contribution in [0.25, 0.3) is 28.3 Å². The molecular formula is C29H19N3O2S. The highest BCUT2D eigenvalue weighted by atomic mass is 32.2. The number of benzene rings is 4. The van der Waals surface area contributed by atoms with Crippen molar-refractivity contribution in [2.75, 3.05) is 4.90 Å². The highest BCUT2D eigenvalue weighted by Crippen LogP contribution is 2.38. The van der Waals surface area contributed by atoms with Gasteiger partial charge in [0.1, 0.15) is 5.52 Å². The molecule has 0 spiro atoms. The molecule has 0 atom stereocenters. The van der Waals surface area contributed by atoms with Crippen molar-refractivity contribution in [3.63, 3.8) is 0 Å². The summed E-state index contributed by atoms with van der Waals surface area (Å²) in [5, 5.41) is 5.72. The van der Waals surface area contributed by atoms with Gasteiger partial charge in [-0.05, 0) is 59.8 Å². The molecule has 1 saturated heterocycles. The van der Waals surface area contributed by atoms with Crippen molar-refractivity contribution >= 4 is 51.2 Å². The van der Waals surface area contributed by atoms with Gasteiger partial charge in [-0.2, -0.15) is 0 Å². The monoisotopic (exact) mass is 473 g/mol. The standard InChI is InChI=1S/C29H19N3O2S/c33-28-26(19-20-16-17-25-24(18-20)27(34-31-25)21-10-4-1-5-11-21)35-29(30-22-12-6-2-7-13-22)32(28)23-14-8-3-9-15-23/h1-19H/b26-19+,30-29?. The summed E-state index contributed by atoms with van der Waals surface area (Å²) in [6.07, 6.45) is 1.90. The zero-order valence-corrected chi connectivity index (χ0v) is 19.4. The maximum atomic E-state index is 13.5. The Morgan fingerprint density at radius 2 is 1.51 bits per heavy atom. The molecular weight excluding hydrogens is 454 g/mol. The first-order valence-electron chi connectivity index (χ1n) is 11.1. The third-order valence-electron chi connectivity index (χ3n) is 5.64. The number of rotatable bonds is 4. The third-order valence-corrected chi connectivity index (χ3v) is 6.60. The molecule has 1 fully saturated rings. The van der Waals surface area contributed by atoms with Gasteiger partial charge in [-0.1, -0.05) is 78.0 Å². The summed E-state index contributed by atoms with van der Waals surface area (Å²) in [5.74, 6) is 0.605. The van der Waals surface area contributed by atoms with Gasteiger partial charge in [-0.25, -0.2) is 4.99 Å². The fourth-order valence-corrected chi connectivity index (χ4v) is 4.97. The van der Waals surface area contributed by atoms with Crippen LogP contribution in [0.1, 0.15) is 5.56 Å². The summed E-state index contributed by atoms with van der Waals surface area (Å²) >= 11 is 1.37. The molecule has 0 unspecified atom stereocenters. The van der Waals surface area contributed by atoms with E-state index in [-0.39, 0.29) is 5.91 Å². The smallest absolute Gasteiger partial charge is 0.271 e. The molecule has 35 heavy (non-hydrogen) atoms. The lowest BCUT2D eigenvalue weighted by Crippen LogP contribution is -2.28. The Morgan fingerprint density at radius 3 is 2.26 bits per heavy atom. The molecule has 5 aromatic rings. The molecule has 168 valence electrons. The first-order chi connectivity index (χ1) is 17.3. The van der Waals surface area contributed by atoms with E-state index >= 15 is 0 Å². The summed E-state index contributed by atoms with van der Waals surface area (Å²) in [6, 6.07) is 35.0. The van der Waals surface area contributed by atoms with Crippen molar-refractivity contribution in [1.82, 2.24) is 5.16 Å². The molecule has 1 aromatic heterocycles. The number of para-hydroxylation sites is 2. The molecule has 0 N–H and O–H groups in total. The van der Waals surface area contributed by atoms with E-state index in [0.717, 1.165) is 33.4 Å². The number of anilines is 1. The van der Waals surface area contributed by atoms with Gasteiger partial charge in [0.05, 0.1) is 21.7 Å². The van der Waals surface area contributed by atoms with E-state index in [9.17, 15) is 4.79 Å². The lowest BCUT2D eigenvalue weighted by Gasteiger charge is -2.15. The molecule has 1 aliphatic heterocycles. The molecule has 4 aromatic carbocycles. The van der Waals surface area contributed by atoms with Gasteiger partial charge >= 0.3 is 0 Å². The van der Waals surface area contributed by atoms with Gasteiger partial charge < -0.3 is 4.52 Å². The quantitative estimate of drug-likeness (QED) is 0.257. The number of hydrogen-bond donors (Lipinski definition) is 0. The number of carbonyl (C=O) groups excluding carboxylic acids is 1. The Bertz CT molecular complexity index is 1580. The number of amides is 1. The summed E-state index contributed by atoms with van der Waals surface area (Å²) < 4.78 is 5.64. The number of aromatic nitrogens is 1. The highest BCUT2D eigenvalue weighted by molar-refractivity contribution is 8.19. The number of nitrogens with zero attached hydrogens (tertiary/aromatic N) is 3. The predicted molar refractivity (Wildman–Crippen MR) is 142 cm³/mol. The van der Waals surface area contributed by atoms with Crippen molar-refractivity contribution < 1.29 is 9.32 Å². The minimum Gasteiger partial charge on any atom is -0.355 e. The summed E-state index contributed by atoms with van der Waals surface area (Å²) in [5.41, 5.74) is 4.20. The van der Waals surface area contributed by atoms with E-state index in [1.165, 1.54) is 11.8 Å². The normalized spacial score (nSPS) is 16.0. The maximum absolute atomic E-state index is 13.5. The van der Waals surface area contributed by atoms with Crippen LogP contribution in [0.3, 0.4) is 0 Å². The van der Waals surface area contributed by atoms with E-state index < -0.39 is 0 Å². The third kappa shape index (κ3) is 4.16. The zero-order chi connectivity index (χ0) is 23.6. The predicted octanol–water partition coefficient (Wildman–Crippen LogP) is 7.30. The van der Waals surface area contributed by atoms with Crippen LogP contribution in [0, 0.1) is 0 Å². The summed E-state index contributed by atoms with van der Waals surface area (Å²) in [6.45, 7) is 0. The zero-order valence-electron chi connectivity index (χ0n) is 18.5. The lowest BCUT2D eigenvalue weighted by atomic mass is 10.1. The van der Waals surface area contributed by atoms with Crippen molar-refractivity contribution in [2.45, 2.75) is 0 Å². The fourth-order valence-electron chi connectivity index (χ4n) is 3.96. The Kier molecular flexibility index (Phi) is 5.48. The summed E-state index contributed by atoms with van der Waals surface area (Å²) in [7, 11) is 0. The molecule has 1 aliphatic rings. The SMILES string of the molecule is O=C1/C(=C\c2ccc3noc(-c4ccccc4)c3c2)SC(=Nc2ccccc2)N1c1ccccc1. The van der Waals surface area contributed by atoms with Crippen LogP contribution in [0.5, 0.6) is 0 Å². The van der Waals surface area contributed by atoms with Crippen LogP contribution in [-0.2, 0) is 4.79 Å². The van der Waals surface area contributed by atoms with Crippen LogP contribution in [0.15, 0.2) is 124 Å². The number of fused-ring (bicyclic) bond motifs is 1. The van der Waals surface area contributed by atoms with Gasteiger partial charge in [0.2, 0.25) is 0 Å². The van der Waals surface area contributed by atoms with E-state index in [0.29, 0.717) is 15.8 Å². The molecule has 0 aliphatic carbocycles. The average molecular weight is 474 g/mol. The largest absolute Gasteiger partial charge is 0.355 e. The van der Waals surface area contributed by atoms with Crippen LogP contribution < -0.4 is 4.90 Å². The van der Waals surface area contributed by atoms with Crippen molar-refractivity contribution in [2.24, 2.45) is 4.99 Å². The number of carbonyl (C=O) groups is 1. The van der Waals surface area contributed by atoms with E-state index in [2.05, 4.69) is 5.16 Å². The van der Waals surface area contributed by atoms with E-state index in [1.54, 1.807) is 4.90 Å². The number of aliphatic imine (C=N–C) groups is 1. The fraction of sp³-hybridized carbons (Fsp3) is 0. The Morgan fingerprint density at radius 1 is 0.829 bits per heavy atom. The number of amidine groups is 1. The molecule has 1 amide bonds. The van der Waals surface area contributed by atoms with Crippen LogP contribution >= 0.6 is 11.8 Å². The van der Waals surface area contributed by atoms with Crippen molar-refractivity contribution in [1.29, 1.82) is 0 Å². The minimum absolute atomic E-state index is 0.107. The molecule has 6 rings (SSSR count). The first-order valence-corrected chi connectivity index (χ1v) is 12.0. The van der Waals surface area contributed by atoms with Gasteiger partial charge in [-0.3, -0.25) is 9.69 Å². The molecule has 6 heteroatoms. The molecule has 0 saturated carbocycles. The number of thioether (sulfide) groups is 1. The van der Waals surface area contributed by atoms with E-state index in [4.69, 9.17) is 9.52 Å². The molecule has 0 bridgehead atoms. The van der Waals surface area contributed by atoms with E-state index in [1.807, 2.05) is 115 Å². The lowest BCUT2D eigenvalue weighted by molar-refractivity contribution is -0.113. The van der Waals surface area contributed by atoms with Crippen molar-refractivity contribution in [3.05, 3.63) is 120 Å². The Labute approximate surface area is 206 Å². The minimum atomic E-state index is -0.107. The van der Waals surface area contributed by atoms with Crippen molar-refractivity contribution in [3.8, 4) is 11.3 Å². The second kappa shape index (κ2) is 9.08. The Hall–Kier alpha value is -4.42. The Balaban J connectivity index is 1.41. The maximum Gasteiger partial charge on any atom is 0.271 e. The average Bonchev–Trinajstić information content (AvgIpc) is 3.46. The second-order valence-electron chi connectivity index (χ2n) is 7.97. The topological polar surface area (TPSA) is 58.7 Å². The molecule has 0 radical (unpaired) electrons. The van der Waals surface area contributed by atoms with Gasteiger partial charge in [0.15, 0.2) is 10.9 Å². The van der Waals surface area contributed by atoms with Crippen LogP contribution in [0.4, 0.5) is 11.4 Å². The highest BCUT2D eigenvalue weighted by Gasteiger charge is 2.34. The number of hydrogen-bond acceptors (Lipinski definition) is 5. The summed E-state index contributed by atoms with van der Waals surface area (Å²) in [4.78, 5) is 20.6. The molecule has 2 heterocycles. The molecule has 5 nitrogen and oxygen atoms in total. The van der Waals surface area contributed by atoms with Gasteiger partial charge in [0, 0.05) is 5.56 Å². The van der Waals surface area contributed by atoms with Crippen LogP contribution in [-0.4, -0.2) is 16.2 Å². The first kappa shape index (κ1) is 21.1. The van der Waals surface area contributed by atoms with Gasteiger partial charge in [-0.15, -0.1) is 0 Å². The van der Waals surface area contributed by atoms with Gasteiger partial charge in [0.25, 0.3) is 5.91 Å². The second-order valence-corrected chi connectivity index (χ2v) is 8.98. The van der Waals surface area contributed by atoms with Crippen LogP contribution in [0.2, 0.25) is 0 Å².